The number of thiol groups is 1. The minimum absolute atomic E-state index is 0.345. The van der Waals surface area contributed by atoms with Gasteiger partial charge in [-0.25, -0.2) is 0 Å². The SMILES string of the molecule is O=C1CCCC2C(S)CCN12. The zero-order chi connectivity index (χ0) is 7.84. The fourth-order valence-corrected chi connectivity index (χ4v) is 2.53. The number of amides is 1. The molecule has 0 aromatic rings. The molecule has 0 aromatic carbocycles. The molecule has 0 radical (unpaired) electrons. The van der Waals surface area contributed by atoms with Crippen molar-refractivity contribution < 1.29 is 4.79 Å². The summed E-state index contributed by atoms with van der Waals surface area (Å²) in [7, 11) is 0. The maximum absolute atomic E-state index is 11.3. The first-order chi connectivity index (χ1) is 5.29. The summed E-state index contributed by atoms with van der Waals surface area (Å²) < 4.78 is 0. The van der Waals surface area contributed by atoms with Crippen molar-refractivity contribution in [1.29, 1.82) is 0 Å². The van der Waals surface area contributed by atoms with E-state index in [0.717, 1.165) is 25.8 Å². The molecule has 2 fully saturated rings. The van der Waals surface area contributed by atoms with Crippen LogP contribution in [-0.2, 0) is 4.79 Å². The van der Waals surface area contributed by atoms with Crippen molar-refractivity contribution in [3.8, 4) is 0 Å². The second kappa shape index (κ2) is 2.70. The highest BCUT2D eigenvalue weighted by molar-refractivity contribution is 7.81. The van der Waals surface area contributed by atoms with Crippen LogP contribution in [0.2, 0.25) is 0 Å². The summed E-state index contributed by atoms with van der Waals surface area (Å²) >= 11 is 4.46. The lowest BCUT2D eigenvalue weighted by Crippen LogP contribution is -2.41. The number of hydrogen-bond acceptors (Lipinski definition) is 2. The first-order valence-electron chi connectivity index (χ1n) is 4.26. The summed E-state index contributed by atoms with van der Waals surface area (Å²) in [5.41, 5.74) is 0. The fourth-order valence-electron chi connectivity index (χ4n) is 2.10. The van der Waals surface area contributed by atoms with Crippen LogP contribution in [-0.4, -0.2) is 28.6 Å². The Morgan fingerprint density at radius 3 is 3.00 bits per heavy atom. The van der Waals surface area contributed by atoms with E-state index in [-0.39, 0.29) is 0 Å². The molecule has 0 aromatic heterocycles. The second-order valence-corrected chi connectivity index (χ2v) is 4.07. The molecule has 2 aliphatic rings. The molecular weight excluding hydrogens is 158 g/mol. The first-order valence-corrected chi connectivity index (χ1v) is 4.78. The Morgan fingerprint density at radius 2 is 2.27 bits per heavy atom. The lowest BCUT2D eigenvalue weighted by atomic mass is 10.0. The minimum Gasteiger partial charge on any atom is -0.339 e. The molecule has 0 aliphatic carbocycles. The largest absolute Gasteiger partial charge is 0.339 e. The highest BCUT2D eigenvalue weighted by Crippen LogP contribution is 2.30. The third-order valence-electron chi connectivity index (χ3n) is 2.72. The highest BCUT2D eigenvalue weighted by atomic mass is 32.1. The van der Waals surface area contributed by atoms with Crippen LogP contribution in [0.3, 0.4) is 0 Å². The topological polar surface area (TPSA) is 20.3 Å². The standard InChI is InChI=1S/C8H13NOS/c10-8-3-1-2-6-7(11)4-5-9(6)8/h6-7,11H,1-5H2. The van der Waals surface area contributed by atoms with Crippen molar-refractivity contribution in [3.63, 3.8) is 0 Å². The number of hydrogen-bond donors (Lipinski definition) is 1. The van der Waals surface area contributed by atoms with Crippen LogP contribution >= 0.6 is 12.6 Å². The summed E-state index contributed by atoms with van der Waals surface area (Å²) in [6.45, 7) is 0.942. The van der Waals surface area contributed by atoms with E-state index in [4.69, 9.17) is 0 Å². The Labute approximate surface area is 72.4 Å². The summed E-state index contributed by atoms with van der Waals surface area (Å²) in [6, 6.07) is 0.458. The second-order valence-electron chi connectivity index (χ2n) is 3.40. The summed E-state index contributed by atoms with van der Waals surface area (Å²) in [5.74, 6) is 0.345. The van der Waals surface area contributed by atoms with Gasteiger partial charge in [-0.15, -0.1) is 0 Å². The van der Waals surface area contributed by atoms with Crippen LogP contribution < -0.4 is 0 Å². The van der Waals surface area contributed by atoms with E-state index in [1.807, 2.05) is 4.90 Å². The van der Waals surface area contributed by atoms with Crippen molar-refractivity contribution >= 4 is 18.5 Å². The van der Waals surface area contributed by atoms with Gasteiger partial charge in [0.25, 0.3) is 0 Å². The third-order valence-corrected chi connectivity index (χ3v) is 3.32. The number of carbonyl (C=O) groups is 1. The van der Waals surface area contributed by atoms with Gasteiger partial charge < -0.3 is 4.90 Å². The number of fused-ring (bicyclic) bond motifs is 1. The Hall–Kier alpha value is -0.180. The van der Waals surface area contributed by atoms with E-state index in [1.54, 1.807) is 0 Å². The zero-order valence-corrected chi connectivity index (χ0v) is 7.39. The van der Waals surface area contributed by atoms with Crippen LogP contribution in [0, 0.1) is 0 Å². The molecule has 3 heteroatoms. The number of nitrogens with zero attached hydrogens (tertiary/aromatic N) is 1. The van der Waals surface area contributed by atoms with Gasteiger partial charge in [0.1, 0.15) is 0 Å². The van der Waals surface area contributed by atoms with E-state index in [0.29, 0.717) is 17.2 Å². The predicted octanol–water partition coefficient (Wildman–Crippen LogP) is 1.07. The molecule has 2 atom stereocenters. The van der Waals surface area contributed by atoms with Crippen LogP contribution in [0.1, 0.15) is 25.7 Å². The van der Waals surface area contributed by atoms with Gasteiger partial charge in [-0.2, -0.15) is 12.6 Å². The Balaban J connectivity index is 2.13. The summed E-state index contributed by atoms with van der Waals surface area (Å²) in [4.78, 5) is 13.3. The van der Waals surface area contributed by atoms with Gasteiger partial charge in [-0.1, -0.05) is 0 Å². The molecular formula is C8H13NOS. The van der Waals surface area contributed by atoms with Crippen molar-refractivity contribution in [2.24, 2.45) is 0 Å². The lowest BCUT2D eigenvalue weighted by Gasteiger charge is -2.30. The predicted molar refractivity (Wildman–Crippen MR) is 46.7 cm³/mol. The van der Waals surface area contributed by atoms with Crippen molar-refractivity contribution in [3.05, 3.63) is 0 Å². The molecule has 2 unspecified atom stereocenters. The number of rotatable bonds is 0. The molecule has 2 saturated heterocycles. The molecule has 1 amide bonds. The maximum Gasteiger partial charge on any atom is 0.222 e. The number of piperidine rings is 1. The molecule has 11 heavy (non-hydrogen) atoms. The lowest BCUT2D eigenvalue weighted by molar-refractivity contribution is -0.134. The normalized spacial score (nSPS) is 37.5. The van der Waals surface area contributed by atoms with Gasteiger partial charge in [-0.05, 0) is 19.3 Å². The van der Waals surface area contributed by atoms with Gasteiger partial charge in [0.2, 0.25) is 5.91 Å². The summed E-state index contributed by atoms with van der Waals surface area (Å²) in [5, 5.41) is 0.444. The Kier molecular flexibility index (Phi) is 1.83. The molecule has 2 nitrogen and oxygen atoms in total. The third kappa shape index (κ3) is 1.15. The molecule has 2 rings (SSSR count). The monoisotopic (exact) mass is 171 g/mol. The van der Waals surface area contributed by atoms with Crippen LogP contribution in [0.4, 0.5) is 0 Å². The quantitative estimate of drug-likeness (QED) is 0.541. The van der Waals surface area contributed by atoms with Crippen LogP contribution in [0.5, 0.6) is 0 Å². The molecule has 2 aliphatic heterocycles. The maximum atomic E-state index is 11.3. The van der Waals surface area contributed by atoms with E-state index >= 15 is 0 Å². The van der Waals surface area contributed by atoms with Gasteiger partial charge in [0.05, 0.1) is 0 Å². The molecule has 0 bridgehead atoms. The van der Waals surface area contributed by atoms with Crippen molar-refractivity contribution in [1.82, 2.24) is 4.90 Å². The van der Waals surface area contributed by atoms with Gasteiger partial charge >= 0.3 is 0 Å². The van der Waals surface area contributed by atoms with E-state index < -0.39 is 0 Å². The van der Waals surface area contributed by atoms with Gasteiger partial charge in [-0.3, -0.25) is 4.79 Å². The van der Waals surface area contributed by atoms with Crippen molar-refractivity contribution in [2.75, 3.05) is 6.54 Å². The average Bonchev–Trinajstić information content (AvgIpc) is 2.35. The zero-order valence-electron chi connectivity index (χ0n) is 6.49. The molecule has 0 saturated carbocycles. The molecule has 62 valence electrons. The Bertz CT molecular complexity index is 183. The van der Waals surface area contributed by atoms with E-state index in [2.05, 4.69) is 12.6 Å². The Morgan fingerprint density at radius 1 is 1.45 bits per heavy atom. The van der Waals surface area contributed by atoms with Gasteiger partial charge in [0.15, 0.2) is 0 Å². The van der Waals surface area contributed by atoms with Crippen molar-refractivity contribution in [2.45, 2.75) is 37.0 Å². The minimum atomic E-state index is 0.345. The first kappa shape index (κ1) is 7.47. The average molecular weight is 171 g/mol. The number of carbonyl (C=O) groups excluding carboxylic acids is 1. The van der Waals surface area contributed by atoms with E-state index in [9.17, 15) is 4.79 Å². The molecule has 2 heterocycles. The fraction of sp³-hybridized carbons (Fsp3) is 0.875. The van der Waals surface area contributed by atoms with Crippen LogP contribution in [0.15, 0.2) is 0 Å². The molecule has 0 N–H and O–H groups in total. The summed E-state index contributed by atoms with van der Waals surface area (Å²) in [6.07, 6.45) is 4.08. The van der Waals surface area contributed by atoms with Crippen LogP contribution in [0.25, 0.3) is 0 Å². The smallest absolute Gasteiger partial charge is 0.222 e. The van der Waals surface area contributed by atoms with E-state index in [1.165, 1.54) is 6.42 Å². The highest BCUT2D eigenvalue weighted by Gasteiger charge is 2.36. The molecule has 0 spiro atoms. The van der Waals surface area contributed by atoms with Gasteiger partial charge in [0, 0.05) is 24.3 Å².